The molecular formula is C22H24N4O2. The third-order valence-corrected chi connectivity index (χ3v) is 5.05. The third-order valence-electron chi connectivity index (χ3n) is 5.05. The van der Waals surface area contributed by atoms with Gasteiger partial charge in [0.05, 0.1) is 12.5 Å². The molecule has 6 nitrogen and oxygen atoms in total. The zero-order chi connectivity index (χ0) is 19.3. The monoisotopic (exact) mass is 376 g/mol. The Kier molecular flexibility index (Phi) is 5.48. The Labute approximate surface area is 164 Å². The Morgan fingerprint density at radius 1 is 1.18 bits per heavy atom. The Bertz CT molecular complexity index is 921. The lowest BCUT2D eigenvalue weighted by molar-refractivity contribution is -0.121. The molecule has 2 aromatic carbocycles. The van der Waals surface area contributed by atoms with Crippen molar-refractivity contribution >= 4 is 11.6 Å². The first-order valence-corrected chi connectivity index (χ1v) is 9.65. The van der Waals surface area contributed by atoms with Gasteiger partial charge in [0.2, 0.25) is 17.6 Å². The number of carbonyl (C=O) groups excluding carboxylic acids is 1. The first-order valence-electron chi connectivity index (χ1n) is 9.65. The molecule has 0 unspecified atom stereocenters. The Balaban J connectivity index is 1.36. The third kappa shape index (κ3) is 4.46. The highest BCUT2D eigenvalue weighted by Gasteiger charge is 2.27. The van der Waals surface area contributed by atoms with Crippen molar-refractivity contribution in [1.82, 2.24) is 15.0 Å². The van der Waals surface area contributed by atoms with Crippen molar-refractivity contribution < 1.29 is 9.32 Å². The summed E-state index contributed by atoms with van der Waals surface area (Å²) in [7, 11) is 0. The summed E-state index contributed by atoms with van der Waals surface area (Å²) in [6, 6.07) is 17.6. The van der Waals surface area contributed by atoms with Crippen LogP contribution in [0.4, 0.5) is 5.69 Å². The van der Waals surface area contributed by atoms with E-state index in [0.29, 0.717) is 24.8 Å². The summed E-state index contributed by atoms with van der Waals surface area (Å²) in [5, 5.41) is 7.11. The molecule has 2 heterocycles. The molecule has 6 heteroatoms. The largest absolute Gasteiger partial charge is 0.338 e. The lowest BCUT2D eigenvalue weighted by Gasteiger charge is -2.30. The fourth-order valence-electron chi connectivity index (χ4n) is 3.51. The molecule has 28 heavy (non-hydrogen) atoms. The number of para-hydroxylation sites is 1. The summed E-state index contributed by atoms with van der Waals surface area (Å²) in [5.41, 5.74) is 2.98. The number of benzene rings is 2. The second-order valence-corrected chi connectivity index (χ2v) is 7.31. The van der Waals surface area contributed by atoms with Crippen LogP contribution >= 0.6 is 0 Å². The molecule has 1 aliphatic heterocycles. The highest BCUT2D eigenvalue weighted by atomic mass is 16.5. The highest BCUT2D eigenvalue weighted by molar-refractivity contribution is 5.92. The topological polar surface area (TPSA) is 71.3 Å². The molecular weight excluding hydrogens is 352 g/mol. The van der Waals surface area contributed by atoms with Gasteiger partial charge >= 0.3 is 0 Å². The smallest absolute Gasteiger partial charge is 0.241 e. The minimum Gasteiger partial charge on any atom is -0.338 e. The van der Waals surface area contributed by atoms with Gasteiger partial charge in [-0.05, 0) is 38.4 Å². The van der Waals surface area contributed by atoms with Crippen molar-refractivity contribution in [3.8, 4) is 11.4 Å². The average molecular weight is 376 g/mol. The number of likely N-dealkylation sites (tertiary alicyclic amines) is 1. The molecule has 1 N–H and O–H groups in total. The Morgan fingerprint density at radius 3 is 2.75 bits per heavy atom. The van der Waals surface area contributed by atoms with E-state index in [9.17, 15) is 4.79 Å². The van der Waals surface area contributed by atoms with Crippen molar-refractivity contribution in [1.29, 1.82) is 0 Å². The van der Waals surface area contributed by atoms with Gasteiger partial charge in [-0.15, -0.1) is 0 Å². The fraction of sp³-hybridized carbons (Fsp3) is 0.318. The number of hydrogen-bond donors (Lipinski definition) is 1. The molecule has 4 rings (SSSR count). The van der Waals surface area contributed by atoms with E-state index in [2.05, 4.69) is 20.4 Å². The molecule has 0 saturated carbocycles. The normalized spacial score (nSPS) is 17.4. The predicted molar refractivity (Wildman–Crippen MR) is 108 cm³/mol. The average Bonchev–Trinajstić information content (AvgIpc) is 3.18. The van der Waals surface area contributed by atoms with E-state index in [4.69, 9.17) is 4.52 Å². The molecule has 1 aliphatic rings. The number of rotatable bonds is 5. The van der Waals surface area contributed by atoms with Crippen LogP contribution in [0, 0.1) is 12.8 Å². The first kappa shape index (κ1) is 18.4. The Morgan fingerprint density at radius 2 is 1.96 bits per heavy atom. The molecule has 0 aliphatic carbocycles. The van der Waals surface area contributed by atoms with Gasteiger partial charge in [-0.1, -0.05) is 53.2 Å². The maximum Gasteiger partial charge on any atom is 0.241 e. The fourth-order valence-corrected chi connectivity index (χ4v) is 3.51. The molecule has 3 aromatic rings. The van der Waals surface area contributed by atoms with Gasteiger partial charge in [-0.3, -0.25) is 9.69 Å². The predicted octanol–water partition coefficient (Wildman–Crippen LogP) is 3.90. The van der Waals surface area contributed by atoms with Crippen LogP contribution in [0.5, 0.6) is 0 Å². The number of piperidine rings is 1. The SMILES string of the molecule is Cc1ccc(-c2noc(CN3CCC[C@@H](C(=O)Nc4ccccc4)C3)n2)cc1. The summed E-state index contributed by atoms with van der Waals surface area (Å²) in [4.78, 5) is 19.3. The van der Waals surface area contributed by atoms with Crippen LogP contribution in [0.3, 0.4) is 0 Å². The summed E-state index contributed by atoms with van der Waals surface area (Å²) in [5.74, 6) is 1.22. The van der Waals surface area contributed by atoms with Crippen molar-refractivity contribution in [3.63, 3.8) is 0 Å². The van der Waals surface area contributed by atoms with Gasteiger partial charge in [0.25, 0.3) is 0 Å². The van der Waals surface area contributed by atoms with Gasteiger partial charge in [0.15, 0.2) is 0 Å². The molecule has 1 amide bonds. The van der Waals surface area contributed by atoms with Gasteiger partial charge in [-0.25, -0.2) is 0 Å². The summed E-state index contributed by atoms with van der Waals surface area (Å²) >= 11 is 0. The van der Waals surface area contributed by atoms with Crippen molar-refractivity contribution in [3.05, 3.63) is 66.1 Å². The van der Waals surface area contributed by atoms with E-state index in [1.807, 2.05) is 61.5 Å². The summed E-state index contributed by atoms with van der Waals surface area (Å²) in [6.07, 6.45) is 1.87. The molecule has 1 atom stereocenters. The van der Waals surface area contributed by atoms with Crippen LogP contribution in [-0.2, 0) is 11.3 Å². The quantitative estimate of drug-likeness (QED) is 0.731. The standard InChI is InChI=1S/C22H24N4O2/c1-16-9-11-17(12-10-16)21-24-20(28-25-21)15-26-13-5-6-18(14-26)22(27)23-19-7-3-2-4-8-19/h2-4,7-12,18H,5-6,13-15H2,1H3,(H,23,27)/t18-/m1/s1. The number of hydrogen-bond acceptors (Lipinski definition) is 5. The van der Waals surface area contributed by atoms with Crippen molar-refractivity contribution in [2.75, 3.05) is 18.4 Å². The molecule has 1 aromatic heterocycles. The number of amides is 1. The van der Waals surface area contributed by atoms with Crippen LogP contribution in [0.1, 0.15) is 24.3 Å². The maximum atomic E-state index is 12.6. The van der Waals surface area contributed by atoms with E-state index in [1.165, 1.54) is 5.56 Å². The number of aryl methyl sites for hydroxylation is 1. The number of nitrogens with one attached hydrogen (secondary N) is 1. The molecule has 0 bridgehead atoms. The van der Waals surface area contributed by atoms with Crippen LogP contribution in [0.25, 0.3) is 11.4 Å². The van der Waals surface area contributed by atoms with E-state index >= 15 is 0 Å². The maximum absolute atomic E-state index is 12.6. The van der Waals surface area contributed by atoms with Crippen LogP contribution in [0.15, 0.2) is 59.1 Å². The highest BCUT2D eigenvalue weighted by Crippen LogP contribution is 2.21. The Hall–Kier alpha value is -2.99. The van der Waals surface area contributed by atoms with E-state index in [0.717, 1.165) is 30.6 Å². The van der Waals surface area contributed by atoms with Crippen molar-refractivity contribution in [2.24, 2.45) is 5.92 Å². The zero-order valence-electron chi connectivity index (χ0n) is 16.0. The summed E-state index contributed by atoms with van der Waals surface area (Å²) < 4.78 is 5.44. The number of carbonyl (C=O) groups is 1. The second kappa shape index (κ2) is 8.35. The van der Waals surface area contributed by atoms with Gasteiger partial charge in [0, 0.05) is 17.8 Å². The van der Waals surface area contributed by atoms with Crippen LogP contribution in [-0.4, -0.2) is 34.0 Å². The molecule has 1 fully saturated rings. The lowest BCUT2D eigenvalue weighted by Crippen LogP contribution is -2.40. The van der Waals surface area contributed by atoms with E-state index in [-0.39, 0.29) is 11.8 Å². The molecule has 0 radical (unpaired) electrons. The molecule has 1 saturated heterocycles. The van der Waals surface area contributed by atoms with Gasteiger partial charge in [0.1, 0.15) is 0 Å². The molecule has 144 valence electrons. The van der Waals surface area contributed by atoms with Gasteiger partial charge < -0.3 is 9.84 Å². The molecule has 0 spiro atoms. The van der Waals surface area contributed by atoms with E-state index in [1.54, 1.807) is 0 Å². The number of anilines is 1. The minimum absolute atomic E-state index is 0.0338. The summed E-state index contributed by atoms with van der Waals surface area (Å²) in [6.45, 7) is 4.23. The van der Waals surface area contributed by atoms with Crippen molar-refractivity contribution in [2.45, 2.75) is 26.3 Å². The minimum atomic E-state index is -0.0338. The number of nitrogens with zero attached hydrogens (tertiary/aromatic N) is 3. The van der Waals surface area contributed by atoms with Crippen LogP contribution in [0.2, 0.25) is 0 Å². The van der Waals surface area contributed by atoms with E-state index < -0.39 is 0 Å². The first-order chi connectivity index (χ1) is 13.7. The zero-order valence-corrected chi connectivity index (χ0v) is 16.0. The second-order valence-electron chi connectivity index (χ2n) is 7.31. The number of aromatic nitrogens is 2. The lowest BCUT2D eigenvalue weighted by atomic mass is 9.97. The van der Waals surface area contributed by atoms with Crippen LogP contribution < -0.4 is 5.32 Å². The van der Waals surface area contributed by atoms with Gasteiger partial charge in [-0.2, -0.15) is 4.98 Å².